The zero-order chi connectivity index (χ0) is 15.2. The third-order valence-electron chi connectivity index (χ3n) is 4.02. The van der Waals surface area contributed by atoms with Crippen LogP contribution in [0.5, 0.6) is 0 Å². The van der Waals surface area contributed by atoms with Gasteiger partial charge in [0, 0.05) is 20.6 Å². The molecule has 0 radical (unpaired) electrons. The molecule has 0 bridgehead atoms. The molecule has 1 aliphatic heterocycles. The van der Waals surface area contributed by atoms with Crippen LogP contribution in [0, 0.1) is 5.92 Å². The number of piperidine rings is 1. The van der Waals surface area contributed by atoms with Crippen molar-refractivity contribution in [1.82, 2.24) is 20.4 Å². The van der Waals surface area contributed by atoms with E-state index in [1.807, 2.05) is 6.92 Å². The smallest absolute Gasteiger partial charge is 0.240 e. The van der Waals surface area contributed by atoms with Gasteiger partial charge in [0.1, 0.15) is 6.10 Å². The number of aromatic nitrogens is 2. The molecule has 1 aromatic rings. The predicted octanol–water partition coefficient (Wildman–Crippen LogP) is 1.13. The molecule has 1 saturated heterocycles. The minimum atomic E-state index is -0.152. The molecule has 1 N–H and O–H groups in total. The Labute approximate surface area is 125 Å². The Hall–Kier alpha value is -1.47. The monoisotopic (exact) mass is 296 g/mol. The number of amides is 1. The maximum atomic E-state index is 11.4. The maximum absolute atomic E-state index is 11.4. The van der Waals surface area contributed by atoms with Crippen molar-refractivity contribution in [2.75, 3.05) is 27.2 Å². The van der Waals surface area contributed by atoms with E-state index in [-0.39, 0.29) is 12.0 Å². The standard InChI is InChI=1S/C14H24N4O3/c1-10(20-3)14-16-13(21-17-14)9-18-6-4-11(5-7-18)8-12(19)15-2/h10-11H,4-9H2,1-3H3,(H,15,19). The predicted molar refractivity (Wildman–Crippen MR) is 76.4 cm³/mol. The van der Waals surface area contributed by atoms with Crippen molar-refractivity contribution in [1.29, 1.82) is 0 Å². The molecule has 1 unspecified atom stereocenters. The van der Waals surface area contributed by atoms with Gasteiger partial charge in [0.25, 0.3) is 0 Å². The number of ether oxygens (including phenoxy) is 1. The summed E-state index contributed by atoms with van der Waals surface area (Å²) in [4.78, 5) is 18.0. The molecule has 2 rings (SSSR count). The molecule has 118 valence electrons. The first-order valence-electron chi connectivity index (χ1n) is 7.40. The van der Waals surface area contributed by atoms with Crippen LogP contribution in [0.1, 0.15) is 44.0 Å². The van der Waals surface area contributed by atoms with Crippen LogP contribution in [0.25, 0.3) is 0 Å². The molecule has 0 spiro atoms. The first-order chi connectivity index (χ1) is 10.1. The van der Waals surface area contributed by atoms with E-state index in [2.05, 4.69) is 20.4 Å². The van der Waals surface area contributed by atoms with E-state index in [0.29, 0.717) is 30.6 Å². The van der Waals surface area contributed by atoms with Crippen molar-refractivity contribution in [3.8, 4) is 0 Å². The number of carbonyl (C=O) groups is 1. The Morgan fingerprint density at radius 1 is 1.52 bits per heavy atom. The molecule has 1 aliphatic rings. The molecule has 2 heterocycles. The number of methoxy groups -OCH3 is 1. The van der Waals surface area contributed by atoms with Gasteiger partial charge in [-0.15, -0.1) is 0 Å². The summed E-state index contributed by atoms with van der Waals surface area (Å²) in [6.45, 7) is 4.47. The second-order valence-electron chi connectivity index (χ2n) is 5.52. The van der Waals surface area contributed by atoms with E-state index in [0.717, 1.165) is 25.9 Å². The third-order valence-corrected chi connectivity index (χ3v) is 4.02. The van der Waals surface area contributed by atoms with Gasteiger partial charge in [-0.1, -0.05) is 5.16 Å². The van der Waals surface area contributed by atoms with E-state index in [4.69, 9.17) is 9.26 Å². The highest BCUT2D eigenvalue weighted by Crippen LogP contribution is 2.22. The molecular weight excluding hydrogens is 272 g/mol. The van der Waals surface area contributed by atoms with Gasteiger partial charge in [-0.2, -0.15) is 4.98 Å². The highest BCUT2D eigenvalue weighted by Gasteiger charge is 2.23. The Kier molecular flexibility index (Phi) is 5.69. The summed E-state index contributed by atoms with van der Waals surface area (Å²) in [6.07, 6.45) is 2.53. The van der Waals surface area contributed by atoms with Crippen LogP contribution in [0.2, 0.25) is 0 Å². The largest absolute Gasteiger partial charge is 0.374 e. The number of likely N-dealkylation sites (tertiary alicyclic amines) is 1. The first kappa shape index (κ1) is 15.9. The summed E-state index contributed by atoms with van der Waals surface area (Å²) in [5, 5.41) is 6.61. The van der Waals surface area contributed by atoms with Gasteiger partial charge < -0.3 is 14.6 Å². The van der Waals surface area contributed by atoms with Gasteiger partial charge in [-0.25, -0.2) is 0 Å². The molecule has 0 saturated carbocycles. The van der Waals surface area contributed by atoms with Crippen molar-refractivity contribution in [3.63, 3.8) is 0 Å². The lowest BCUT2D eigenvalue weighted by atomic mass is 9.93. The summed E-state index contributed by atoms with van der Waals surface area (Å²) in [5.74, 6) is 1.82. The van der Waals surface area contributed by atoms with Crippen LogP contribution >= 0.6 is 0 Å². The first-order valence-corrected chi connectivity index (χ1v) is 7.40. The van der Waals surface area contributed by atoms with Gasteiger partial charge in [-0.3, -0.25) is 9.69 Å². The fourth-order valence-electron chi connectivity index (χ4n) is 2.51. The zero-order valence-electron chi connectivity index (χ0n) is 13.0. The quantitative estimate of drug-likeness (QED) is 0.847. The van der Waals surface area contributed by atoms with Crippen LogP contribution in [0.3, 0.4) is 0 Å². The Morgan fingerprint density at radius 2 is 2.24 bits per heavy atom. The highest BCUT2D eigenvalue weighted by atomic mass is 16.5. The molecule has 1 atom stereocenters. The van der Waals surface area contributed by atoms with Crippen LogP contribution in [-0.4, -0.2) is 48.2 Å². The van der Waals surface area contributed by atoms with Gasteiger partial charge in [0.05, 0.1) is 6.54 Å². The molecule has 7 heteroatoms. The van der Waals surface area contributed by atoms with E-state index in [1.54, 1.807) is 14.2 Å². The third kappa shape index (κ3) is 4.50. The molecule has 21 heavy (non-hydrogen) atoms. The molecule has 7 nitrogen and oxygen atoms in total. The summed E-state index contributed by atoms with van der Waals surface area (Å²) in [5.41, 5.74) is 0. The number of carbonyl (C=O) groups excluding carboxylic acids is 1. The lowest BCUT2D eigenvalue weighted by molar-refractivity contribution is -0.121. The van der Waals surface area contributed by atoms with Crippen molar-refractivity contribution in [2.24, 2.45) is 5.92 Å². The summed E-state index contributed by atoms with van der Waals surface area (Å²) < 4.78 is 10.4. The Balaban J connectivity index is 1.78. The molecule has 1 aromatic heterocycles. The van der Waals surface area contributed by atoms with Gasteiger partial charge in [-0.05, 0) is 38.8 Å². The molecule has 0 aliphatic carbocycles. The van der Waals surface area contributed by atoms with Crippen molar-refractivity contribution in [3.05, 3.63) is 11.7 Å². The summed E-state index contributed by atoms with van der Waals surface area (Å²) in [7, 11) is 3.31. The van der Waals surface area contributed by atoms with Crippen LogP contribution in [-0.2, 0) is 16.1 Å². The van der Waals surface area contributed by atoms with E-state index in [1.165, 1.54) is 0 Å². The van der Waals surface area contributed by atoms with Crippen LogP contribution in [0.4, 0.5) is 0 Å². The fourth-order valence-corrected chi connectivity index (χ4v) is 2.51. The van der Waals surface area contributed by atoms with Crippen molar-refractivity contribution in [2.45, 2.75) is 38.8 Å². The van der Waals surface area contributed by atoms with Crippen LogP contribution in [0.15, 0.2) is 4.52 Å². The zero-order valence-corrected chi connectivity index (χ0v) is 13.0. The molecule has 0 aromatic carbocycles. The minimum Gasteiger partial charge on any atom is -0.374 e. The van der Waals surface area contributed by atoms with Crippen molar-refractivity contribution >= 4 is 5.91 Å². The Bertz CT molecular complexity index is 455. The minimum absolute atomic E-state index is 0.128. The number of hydrogen-bond acceptors (Lipinski definition) is 6. The Morgan fingerprint density at radius 3 is 2.86 bits per heavy atom. The number of nitrogens with one attached hydrogen (secondary N) is 1. The van der Waals surface area contributed by atoms with E-state index < -0.39 is 0 Å². The van der Waals surface area contributed by atoms with E-state index >= 15 is 0 Å². The number of rotatable bonds is 6. The second kappa shape index (κ2) is 7.51. The lowest BCUT2D eigenvalue weighted by Crippen LogP contribution is -2.35. The maximum Gasteiger partial charge on any atom is 0.240 e. The number of nitrogens with zero attached hydrogens (tertiary/aromatic N) is 3. The summed E-state index contributed by atoms with van der Waals surface area (Å²) >= 11 is 0. The average molecular weight is 296 g/mol. The van der Waals surface area contributed by atoms with Gasteiger partial charge in [0.2, 0.25) is 11.8 Å². The topological polar surface area (TPSA) is 80.5 Å². The van der Waals surface area contributed by atoms with Gasteiger partial charge in [0.15, 0.2) is 5.82 Å². The van der Waals surface area contributed by atoms with E-state index in [9.17, 15) is 4.79 Å². The molecular formula is C14H24N4O3. The van der Waals surface area contributed by atoms with Gasteiger partial charge >= 0.3 is 0 Å². The lowest BCUT2D eigenvalue weighted by Gasteiger charge is -2.30. The average Bonchev–Trinajstić information content (AvgIpc) is 2.96. The second-order valence-corrected chi connectivity index (χ2v) is 5.52. The summed E-state index contributed by atoms with van der Waals surface area (Å²) in [6, 6.07) is 0. The number of hydrogen-bond donors (Lipinski definition) is 1. The molecule has 1 amide bonds. The van der Waals surface area contributed by atoms with Crippen LogP contribution < -0.4 is 5.32 Å². The normalized spacial score (nSPS) is 18.6. The highest BCUT2D eigenvalue weighted by molar-refractivity contribution is 5.75. The fraction of sp³-hybridized carbons (Fsp3) is 0.786. The SMILES string of the molecule is CNC(=O)CC1CCN(Cc2nc(C(C)OC)no2)CC1. The van der Waals surface area contributed by atoms with Crippen molar-refractivity contribution < 1.29 is 14.1 Å². The molecule has 1 fully saturated rings.